The molecule has 0 aliphatic carbocycles. The lowest BCUT2D eigenvalue weighted by Crippen LogP contribution is -2.02. The van der Waals surface area contributed by atoms with Crippen LogP contribution in [-0.4, -0.2) is 8.42 Å². The van der Waals surface area contributed by atoms with Crippen molar-refractivity contribution in [3.8, 4) is 0 Å². The van der Waals surface area contributed by atoms with E-state index >= 15 is 0 Å². The van der Waals surface area contributed by atoms with Gasteiger partial charge in [-0.1, -0.05) is 18.2 Å². The second-order valence-electron chi connectivity index (χ2n) is 1.91. The van der Waals surface area contributed by atoms with Crippen LogP contribution in [0.2, 0.25) is 0 Å². The first kappa shape index (κ1) is 8.55. The molecule has 0 heterocycles. The Morgan fingerprint density at radius 2 is 1.73 bits per heavy atom. The molecule has 0 bridgehead atoms. The van der Waals surface area contributed by atoms with Gasteiger partial charge < -0.3 is 0 Å². The number of hydrogen-bond acceptors (Lipinski definition) is 2. The van der Waals surface area contributed by atoms with Gasteiger partial charge in [0, 0.05) is 5.69 Å². The van der Waals surface area contributed by atoms with Crippen LogP contribution in [0, 0.1) is 0 Å². The maximum atomic E-state index is 10.6. The van der Waals surface area contributed by atoms with Crippen LogP contribution >= 0.6 is 14.8 Å². The third-order valence-corrected chi connectivity index (χ3v) is 1.98. The molecular weight excluding hydrogens is 230 g/mol. The molecule has 1 N–H and O–H groups in total. The zero-order valence-electron chi connectivity index (χ0n) is 5.49. The first-order valence-corrected chi connectivity index (χ1v) is 6.18. The van der Waals surface area contributed by atoms with Gasteiger partial charge in [0.2, 0.25) is 0 Å². The Hall–Kier alpha value is -0.550. The van der Waals surface area contributed by atoms with E-state index in [1.807, 2.05) is 6.07 Å². The molecular formula is C6H6BrNO2S. The second kappa shape index (κ2) is 3.23. The number of halogens is 1. The molecule has 0 saturated carbocycles. The first-order chi connectivity index (χ1) is 5.08. The minimum Gasteiger partial charge on any atom is -0.275 e. The van der Waals surface area contributed by atoms with Crippen molar-refractivity contribution < 1.29 is 8.42 Å². The van der Waals surface area contributed by atoms with E-state index in [4.69, 9.17) is 0 Å². The fourth-order valence-corrected chi connectivity index (χ4v) is 1.63. The Morgan fingerprint density at radius 3 is 2.18 bits per heavy atom. The fourth-order valence-electron chi connectivity index (χ4n) is 0.647. The lowest BCUT2D eigenvalue weighted by Gasteiger charge is -1.99. The molecule has 0 aromatic heterocycles. The predicted molar refractivity (Wildman–Crippen MR) is 47.9 cm³/mol. The van der Waals surface area contributed by atoms with Crippen molar-refractivity contribution in [2.45, 2.75) is 0 Å². The summed E-state index contributed by atoms with van der Waals surface area (Å²) in [7, 11) is -3.31. The third kappa shape index (κ3) is 3.38. The van der Waals surface area contributed by atoms with Crippen molar-refractivity contribution in [3.05, 3.63) is 30.3 Å². The summed E-state index contributed by atoms with van der Waals surface area (Å²) in [5, 5.41) is 0. The Kier molecular flexibility index (Phi) is 2.51. The molecule has 5 heteroatoms. The van der Waals surface area contributed by atoms with Crippen molar-refractivity contribution in [3.63, 3.8) is 0 Å². The van der Waals surface area contributed by atoms with E-state index in [1.54, 1.807) is 24.3 Å². The summed E-state index contributed by atoms with van der Waals surface area (Å²) in [6.07, 6.45) is 0. The van der Waals surface area contributed by atoms with E-state index in [9.17, 15) is 8.42 Å². The minimum atomic E-state index is -3.31. The monoisotopic (exact) mass is 235 g/mol. The Balaban J connectivity index is 2.82. The van der Waals surface area contributed by atoms with Crippen molar-refractivity contribution in [1.82, 2.24) is 0 Å². The SMILES string of the molecule is O=S(=O)(Br)Nc1ccccc1. The van der Waals surface area contributed by atoms with E-state index in [1.165, 1.54) is 0 Å². The second-order valence-corrected chi connectivity index (χ2v) is 5.54. The molecule has 0 saturated heterocycles. The quantitative estimate of drug-likeness (QED) is 0.795. The van der Waals surface area contributed by atoms with Crippen molar-refractivity contribution >= 4 is 29.0 Å². The molecule has 0 unspecified atom stereocenters. The van der Waals surface area contributed by atoms with E-state index in [0.29, 0.717) is 5.69 Å². The zero-order chi connectivity index (χ0) is 8.32. The molecule has 1 aromatic rings. The van der Waals surface area contributed by atoms with Gasteiger partial charge in [0.1, 0.15) is 0 Å². The number of hydrogen-bond donors (Lipinski definition) is 1. The van der Waals surface area contributed by atoms with Gasteiger partial charge in [-0.25, -0.2) is 0 Å². The topological polar surface area (TPSA) is 46.2 Å². The predicted octanol–water partition coefficient (Wildman–Crippen LogP) is 1.74. The largest absolute Gasteiger partial charge is 0.293 e. The van der Waals surface area contributed by atoms with Crippen molar-refractivity contribution in [2.75, 3.05) is 4.72 Å². The van der Waals surface area contributed by atoms with Gasteiger partial charge in [-0.15, -0.1) is 0 Å². The molecule has 0 fully saturated rings. The van der Waals surface area contributed by atoms with E-state index in [0.717, 1.165) is 0 Å². The average Bonchev–Trinajstić information content (AvgIpc) is 1.85. The zero-order valence-corrected chi connectivity index (χ0v) is 7.89. The number of anilines is 1. The highest BCUT2D eigenvalue weighted by atomic mass is 79.9. The summed E-state index contributed by atoms with van der Waals surface area (Å²) in [6, 6.07) is 8.64. The van der Waals surface area contributed by atoms with Crippen LogP contribution in [-0.2, 0) is 8.46 Å². The van der Waals surface area contributed by atoms with Crippen LogP contribution in [0.3, 0.4) is 0 Å². The maximum Gasteiger partial charge on any atom is 0.293 e. The summed E-state index contributed by atoms with van der Waals surface area (Å²) in [4.78, 5) is 0. The van der Waals surface area contributed by atoms with Crippen LogP contribution in [0.1, 0.15) is 0 Å². The molecule has 1 aromatic carbocycles. The van der Waals surface area contributed by atoms with Crippen LogP contribution < -0.4 is 4.72 Å². The number of para-hydroxylation sites is 1. The summed E-state index contributed by atoms with van der Waals surface area (Å²) < 4.78 is 23.5. The smallest absolute Gasteiger partial charge is 0.275 e. The standard InChI is InChI=1S/C6H6BrNO2S/c7-11(9,10)8-6-4-2-1-3-5-6/h1-5,8H. The van der Waals surface area contributed by atoms with Crippen molar-refractivity contribution in [2.24, 2.45) is 0 Å². The molecule has 0 radical (unpaired) electrons. The molecule has 0 amide bonds. The molecule has 0 spiro atoms. The Labute approximate surface area is 72.7 Å². The molecule has 1 rings (SSSR count). The van der Waals surface area contributed by atoms with Gasteiger partial charge in [0.05, 0.1) is 14.8 Å². The van der Waals surface area contributed by atoms with Gasteiger partial charge in [-0.3, -0.25) is 4.72 Å². The Bertz CT molecular complexity index is 322. The summed E-state index contributed by atoms with van der Waals surface area (Å²) >= 11 is 2.48. The third-order valence-electron chi connectivity index (χ3n) is 1.01. The van der Waals surface area contributed by atoms with Gasteiger partial charge in [0.15, 0.2) is 0 Å². The molecule has 3 nitrogen and oxygen atoms in total. The van der Waals surface area contributed by atoms with Crippen LogP contribution in [0.4, 0.5) is 5.69 Å². The molecule has 0 aliphatic rings. The number of rotatable bonds is 2. The van der Waals surface area contributed by atoms with Crippen LogP contribution in [0.5, 0.6) is 0 Å². The van der Waals surface area contributed by atoms with E-state index < -0.39 is 8.46 Å². The lowest BCUT2D eigenvalue weighted by molar-refractivity contribution is 0.616. The molecule has 0 aliphatic heterocycles. The average molecular weight is 236 g/mol. The van der Waals surface area contributed by atoms with Gasteiger partial charge in [-0.2, -0.15) is 8.42 Å². The van der Waals surface area contributed by atoms with Gasteiger partial charge in [0.25, 0.3) is 8.46 Å². The van der Waals surface area contributed by atoms with Crippen LogP contribution in [0.25, 0.3) is 0 Å². The van der Waals surface area contributed by atoms with Crippen molar-refractivity contribution in [1.29, 1.82) is 0 Å². The summed E-state index contributed by atoms with van der Waals surface area (Å²) in [5.74, 6) is 0. The van der Waals surface area contributed by atoms with Gasteiger partial charge in [-0.05, 0) is 12.1 Å². The van der Waals surface area contributed by atoms with E-state index in [-0.39, 0.29) is 0 Å². The lowest BCUT2D eigenvalue weighted by atomic mass is 10.3. The number of benzene rings is 1. The normalized spacial score (nSPS) is 11.0. The molecule has 11 heavy (non-hydrogen) atoms. The minimum absolute atomic E-state index is 0.546. The first-order valence-electron chi connectivity index (χ1n) is 2.85. The molecule has 0 atom stereocenters. The molecule has 60 valence electrons. The summed E-state index contributed by atoms with van der Waals surface area (Å²) in [6.45, 7) is 0. The summed E-state index contributed by atoms with van der Waals surface area (Å²) in [5.41, 5.74) is 0.546. The highest BCUT2D eigenvalue weighted by Crippen LogP contribution is 2.10. The Morgan fingerprint density at radius 1 is 1.18 bits per heavy atom. The highest BCUT2D eigenvalue weighted by Gasteiger charge is 2.01. The highest BCUT2D eigenvalue weighted by molar-refractivity contribution is 9.47. The van der Waals surface area contributed by atoms with Gasteiger partial charge >= 0.3 is 0 Å². The fraction of sp³-hybridized carbons (Fsp3) is 0. The number of nitrogens with one attached hydrogen (secondary N) is 1. The van der Waals surface area contributed by atoms with E-state index in [2.05, 4.69) is 19.5 Å². The van der Waals surface area contributed by atoms with Crippen LogP contribution in [0.15, 0.2) is 30.3 Å². The maximum absolute atomic E-state index is 10.6.